The van der Waals surface area contributed by atoms with E-state index in [4.69, 9.17) is 11.6 Å². The van der Waals surface area contributed by atoms with Crippen LogP contribution in [0.2, 0.25) is 0 Å². The van der Waals surface area contributed by atoms with Crippen molar-refractivity contribution in [3.8, 4) is 0 Å². The highest BCUT2D eigenvalue weighted by Crippen LogP contribution is 2.33. The van der Waals surface area contributed by atoms with Gasteiger partial charge in [0.2, 0.25) is 0 Å². The van der Waals surface area contributed by atoms with Crippen molar-refractivity contribution in [2.45, 2.75) is 6.18 Å². The Kier molecular flexibility index (Phi) is 3.94. The van der Waals surface area contributed by atoms with Crippen molar-refractivity contribution >= 4 is 22.5 Å². The molecule has 1 aromatic heterocycles. The molecule has 0 amide bonds. The van der Waals surface area contributed by atoms with Crippen LogP contribution in [0.15, 0.2) is 53.8 Å². The Morgan fingerprint density at radius 1 is 1.25 bits per heavy atom. The highest BCUT2D eigenvalue weighted by atomic mass is 35.5. The predicted octanol–water partition coefficient (Wildman–Crippen LogP) is 3.71. The third kappa shape index (κ3) is 3.27. The Balaban J connectivity index is 2.54. The maximum Gasteiger partial charge on any atom is 0.434 e. The fourth-order valence-electron chi connectivity index (χ4n) is 1.58. The SMILES string of the molecule is C=C1/C=C\C(Cl)=N/N/C(c2cccnc2C(F)(F)F)=C\1. The highest BCUT2D eigenvalue weighted by molar-refractivity contribution is 6.68. The zero-order valence-corrected chi connectivity index (χ0v) is 10.8. The average Bonchev–Trinajstić information content (AvgIpc) is 2.38. The predicted molar refractivity (Wildman–Crippen MR) is 71.9 cm³/mol. The normalized spacial score (nSPS) is 22.7. The molecule has 2 heterocycles. The first-order valence-electron chi connectivity index (χ1n) is 5.48. The molecule has 0 radical (unpaired) electrons. The number of aromatic nitrogens is 1. The molecule has 0 aliphatic carbocycles. The van der Waals surface area contributed by atoms with E-state index in [9.17, 15) is 13.2 Å². The van der Waals surface area contributed by atoms with E-state index in [0.717, 1.165) is 6.20 Å². The molecule has 1 N–H and O–H groups in total. The molecule has 0 unspecified atom stereocenters. The summed E-state index contributed by atoms with van der Waals surface area (Å²) in [5, 5.41) is 3.85. The Bertz CT molecular complexity index is 630. The Morgan fingerprint density at radius 3 is 2.70 bits per heavy atom. The van der Waals surface area contributed by atoms with E-state index >= 15 is 0 Å². The fourth-order valence-corrected chi connectivity index (χ4v) is 1.68. The number of alkyl halides is 3. The first kappa shape index (κ1) is 14.3. The molecule has 1 aromatic rings. The summed E-state index contributed by atoms with van der Waals surface area (Å²) < 4.78 is 38.8. The van der Waals surface area contributed by atoms with Crippen LogP contribution in [0.5, 0.6) is 0 Å². The summed E-state index contributed by atoms with van der Waals surface area (Å²) in [6, 6.07) is 2.71. The largest absolute Gasteiger partial charge is 0.434 e. The summed E-state index contributed by atoms with van der Waals surface area (Å²) in [6.07, 6.45) is 0.997. The van der Waals surface area contributed by atoms with Crippen LogP contribution in [0, 0.1) is 0 Å². The van der Waals surface area contributed by atoms with Crippen LogP contribution in [0.1, 0.15) is 11.3 Å². The lowest BCUT2D eigenvalue weighted by atomic mass is 10.1. The first-order chi connectivity index (χ1) is 9.38. The van der Waals surface area contributed by atoms with E-state index in [1.807, 2.05) is 0 Å². The number of pyridine rings is 1. The van der Waals surface area contributed by atoms with Gasteiger partial charge in [0, 0.05) is 11.8 Å². The second kappa shape index (κ2) is 5.50. The van der Waals surface area contributed by atoms with E-state index in [0.29, 0.717) is 5.57 Å². The van der Waals surface area contributed by atoms with Crippen LogP contribution in [0.4, 0.5) is 13.2 Å². The first-order valence-corrected chi connectivity index (χ1v) is 5.86. The standard InChI is InChI=1S/C13H9ClF3N3/c1-8-4-5-11(14)20-19-10(7-8)9-3-2-6-18-12(9)13(15,16)17/h2-7,19H,1H2/b5-4-,10-7-,20-11+. The van der Waals surface area contributed by atoms with Crippen LogP contribution in [0.3, 0.4) is 0 Å². The van der Waals surface area contributed by atoms with Crippen molar-refractivity contribution in [3.63, 3.8) is 0 Å². The average molecular weight is 300 g/mol. The number of rotatable bonds is 1. The summed E-state index contributed by atoms with van der Waals surface area (Å²) in [7, 11) is 0. The molecule has 1 aliphatic rings. The minimum absolute atomic E-state index is 0.106. The number of allylic oxidation sites excluding steroid dienone is 4. The van der Waals surface area contributed by atoms with Crippen molar-refractivity contribution in [2.24, 2.45) is 5.10 Å². The summed E-state index contributed by atoms with van der Waals surface area (Å²) in [5.74, 6) is 0. The lowest BCUT2D eigenvalue weighted by Gasteiger charge is -2.15. The highest BCUT2D eigenvalue weighted by Gasteiger charge is 2.36. The third-order valence-electron chi connectivity index (χ3n) is 2.41. The maximum absolute atomic E-state index is 12.9. The van der Waals surface area contributed by atoms with Gasteiger partial charge in [-0.1, -0.05) is 24.3 Å². The van der Waals surface area contributed by atoms with Crippen LogP contribution in [0.25, 0.3) is 5.70 Å². The maximum atomic E-state index is 12.9. The van der Waals surface area contributed by atoms with Gasteiger partial charge >= 0.3 is 6.18 Å². The fraction of sp³-hybridized carbons (Fsp3) is 0.0769. The second-order valence-electron chi connectivity index (χ2n) is 3.91. The van der Waals surface area contributed by atoms with Gasteiger partial charge in [0.1, 0.15) is 5.17 Å². The van der Waals surface area contributed by atoms with E-state index in [1.54, 1.807) is 6.08 Å². The molecule has 20 heavy (non-hydrogen) atoms. The summed E-state index contributed by atoms with van der Waals surface area (Å²) >= 11 is 5.74. The Hall–Kier alpha value is -2.08. The number of nitrogens with one attached hydrogen (secondary N) is 1. The molecular weight excluding hydrogens is 291 g/mol. The zero-order chi connectivity index (χ0) is 14.8. The molecule has 0 atom stereocenters. The Labute approximate surface area is 118 Å². The van der Waals surface area contributed by atoms with Crippen LogP contribution in [-0.2, 0) is 6.18 Å². The zero-order valence-electron chi connectivity index (χ0n) is 10.1. The van der Waals surface area contributed by atoms with Crippen LogP contribution < -0.4 is 5.43 Å². The van der Waals surface area contributed by atoms with Gasteiger partial charge in [-0.2, -0.15) is 18.3 Å². The van der Waals surface area contributed by atoms with Crippen LogP contribution in [-0.4, -0.2) is 10.2 Å². The smallest absolute Gasteiger partial charge is 0.276 e. The van der Waals surface area contributed by atoms with Crippen molar-refractivity contribution in [2.75, 3.05) is 0 Å². The van der Waals surface area contributed by atoms with Gasteiger partial charge < -0.3 is 0 Å². The lowest BCUT2D eigenvalue weighted by molar-refractivity contribution is -0.141. The van der Waals surface area contributed by atoms with Gasteiger partial charge in [0.25, 0.3) is 0 Å². The summed E-state index contributed by atoms with van der Waals surface area (Å²) in [6.45, 7) is 3.70. The van der Waals surface area contributed by atoms with Crippen molar-refractivity contribution in [1.29, 1.82) is 0 Å². The molecule has 3 nitrogen and oxygen atoms in total. The molecule has 2 rings (SSSR count). The molecule has 0 saturated carbocycles. The Morgan fingerprint density at radius 2 is 2.00 bits per heavy atom. The van der Waals surface area contributed by atoms with Gasteiger partial charge in [0.05, 0.1) is 5.70 Å². The molecule has 0 spiro atoms. The lowest BCUT2D eigenvalue weighted by Crippen LogP contribution is -2.16. The van der Waals surface area contributed by atoms with E-state index in [1.165, 1.54) is 24.3 Å². The van der Waals surface area contributed by atoms with Gasteiger partial charge in [0.15, 0.2) is 5.69 Å². The number of hydrazone groups is 1. The third-order valence-corrected chi connectivity index (χ3v) is 2.62. The summed E-state index contributed by atoms with van der Waals surface area (Å²) in [5.41, 5.74) is 1.98. The molecule has 104 valence electrons. The minimum Gasteiger partial charge on any atom is -0.276 e. The van der Waals surface area contributed by atoms with Crippen molar-refractivity contribution < 1.29 is 13.2 Å². The molecular formula is C13H9ClF3N3. The number of halogens is 4. The van der Waals surface area contributed by atoms with Crippen molar-refractivity contribution in [3.05, 3.63) is 60.0 Å². The molecule has 7 heteroatoms. The molecule has 0 saturated heterocycles. The topological polar surface area (TPSA) is 37.3 Å². The minimum atomic E-state index is -4.56. The number of hydrogen-bond acceptors (Lipinski definition) is 3. The second-order valence-corrected chi connectivity index (χ2v) is 4.30. The van der Waals surface area contributed by atoms with Gasteiger partial charge in [-0.3, -0.25) is 10.4 Å². The van der Waals surface area contributed by atoms with E-state index in [2.05, 4.69) is 22.1 Å². The van der Waals surface area contributed by atoms with Gasteiger partial charge in [-0.25, -0.2) is 0 Å². The number of nitrogens with zero attached hydrogens (tertiary/aromatic N) is 2. The molecule has 0 bridgehead atoms. The molecule has 0 aromatic carbocycles. The molecule has 1 aliphatic heterocycles. The van der Waals surface area contributed by atoms with Gasteiger partial charge in [-0.05, 0) is 29.9 Å². The van der Waals surface area contributed by atoms with Crippen molar-refractivity contribution in [1.82, 2.24) is 10.4 Å². The van der Waals surface area contributed by atoms with E-state index < -0.39 is 11.9 Å². The quantitative estimate of drug-likeness (QED) is 0.858. The summed E-state index contributed by atoms with van der Waals surface area (Å²) in [4.78, 5) is 3.39. The van der Waals surface area contributed by atoms with Gasteiger partial charge in [-0.15, -0.1) is 0 Å². The monoisotopic (exact) mass is 299 g/mol. The van der Waals surface area contributed by atoms with E-state index in [-0.39, 0.29) is 16.4 Å². The van der Waals surface area contributed by atoms with Crippen LogP contribution >= 0.6 is 11.6 Å². The molecule has 0 fully saturated rings. The number of hydrogen-bond donors (Lipinski definition) is 1.